The zero-order valence-electron chi connectivity index (χ0n) is 8.41. The Morgan fingerprint density at radius 1 is 1.40 bits per heavy atom. The lowest BCUT2D eigenvalue weighted by molar-refractivity contribution is -0.117. The minimum Gasteiger partial charge on any atom is -0.368 e. The molecule has 15 heavy (non-hydrogen) atoms. The van der Waals surface area contributed by atoms with E-state index in [0.717, 1.165) is 5.56 Å². The largest absolute Gasteiger partial charge is 0.368 e. The maximum absolute atomic E-state index is 11.2. The van der Waals surface area contributed by atoms with E-state index >= 15 is 0 Å². The summed E-state index contributed by atoms with van der Waals surface area (Å²) in [7, 11) is 0. The fraction of sp³-hybridized carbons (Fsp3) is 0.200. The minimum absolute atomic E-state index is 0.169. The molecule has 0 aliphatic carbocycles. The topological polar surface area (TPSA) is 84.2 Å². The zero-order chi connectivity index (χ0) is 11.3. The van der Waals surface area contributed by atoms with Gasteiger partial charge in [-0.05, 0) is 24.6 Å². The molecule has 0 bridgehead atoms. The molecule has 0 unspecified atom stereocenters. The molecule has 0 saturated heterocycles. The minimum atomic E-state index is -0.575. The van der Waals surface area contributed by atoms with Crippen molar-refractivity contribution in [2.75, 3.05) is 11.9 Å². The second-order valence-corrected chi connectivity index (χ2v) is 3.14. The summed E-state index contributed by atoms with van der Waals surface area (Å²) in [4.78, 5) is 21.6. The highest BCUT2D eigenvalue weighted by Crippen LogP contribution is 2.08. The first kappa shape index (κ1) is 11.0. The third-order valence-corrected chi connectivity index (χ3v) is 1.70. The highest BCUT2D eigenvalue weighted by molar-refractivity contribution is 5.91. The number of anilines is 1. The number of benzene rings is 1. The number of nitrogens with two attached hydrogens (primary N) is 1. The highest BCUT2D eigenvalue weighted by Gasteiger charge is 2.02. The first-order chi connectivity index (χ1) is 7.08. The van der Waals surface area contributed by atoms with Crippen molar-refractivity contribution >= 4 is 17.6 Å². The predicted octanol–water partition coefficient (Wildman–Crippen LogP) is 0.602. The monoisotopic (exact) mass is 207 g/mol. The summed E-state index contributed by atoms with van der Waals surface area (Å²) in [6, 6.07) is 6.89. The van der Waals surface area contributed by atoms with Crippen molar-refractivity contribution in [1.29, 1.82) is 0 Å². The first-order valence-electron chi connectivity index (χ1n) is 4.48. The van der Waals surface area contributed by atoms with Crippen LogP contribution in [0.2, 0.25) is 0 Å². The molecule has 80 valence electrons. The van der Waals surface area contributed by atoms with E-state index in [-0.39, 0.29) is 6.54 Å². The van der Waals surface area contributed by atoms with Crippen LogP contribution < -0.4 is 16.4 Å². The van der Waals surface area contributed by atoms with E-state index in [2.05, 4.69) is 10.6 Å². The number of rotatable bonds is 3. The zero-order valence-corrected chi connectivity index (χ0v) is 8.41. The van der Waals surface area contributed by atoms with Crippen LogP contribution in [0.25, 0.3) is 0 Å². The highest BCUT2D eigenvalue weighted by atomic mass is 16.2. The number of primary amides is 1. The summed E-state index contributed by atoms with van der Waals surface area (Å²) in [6.45, 7) is 1.75. The van der Waals surface area contributed by atoms with Crippen LogP contribution in [0.4, 0.5) is 10.5 Å². The lowest BCUT2D eigenvalue weighted by atomic mass is 10.2. The Bertz CT molecular complexity index is 377. The molecule has 1 aromatic rings. The van der Waals surface area contributed by atoms with E-state index < -0.39 is 11.9 Å². The van der Waals surface area contributed by atoms with Crippen LogP contribution in [0, 0.1) is 6.92 Å². The molecular weight excluding hydrogens is 194 g/mol. The Balaban J connectivity index is 2.48. The molecule has 0 radical (unpaired) electrons. The fourth-order valence-electron chi connectivity index (χ4n) is 1.07. The van der Waals surface area contributed by atoms with Crippen molar-refractivity contribution < 1.29 is 9.59 Å². The Morgan fingerprint density at radius 2 is 2.13 bits per heavy atom. The molecule has 0 saturated carbocycles. The first-order valence-corrected chi connectivity index (χ1v) is 4.48. The number of hydrogen-bond donors (Lipinski definition) is 3. The van der Waals surface area contributed by atoms with Crippen molar-refractivity contribution in [3.05, 3.63) is 29.8 Å². The predicted molar refractivity (Wildman–Crippen MR) is 57.4 cm³/mol. The number of hydrogen-bond acceptors (Lipinski definition) is 2. The quantitative estimate of drug-likeness (QED) is 0.678. The van der Waals surface area contributed by atoms with Crippen LogP contribution in [0.3, 0.4) is 0 Å². The maximum Gasteiger partial charge on any atom is 0.319 e. The average Bonchev–Trinajstić information content (AvgIpc) is 2.15. The van der Waals surface area contributed by atoms with Gasteiger partial charge in [-0.15, -0.1) is 0 Å². The Morgan fingerprint density at radius 3 is 2.73 bits per heavy atom. The SMILES string of the molecule is Cc1cccc(NC(=O)NCC(N)=O)c1. The smallest absolute Gasteiger partial charge is 0.319 e. The third kappa shape index (κ3) is 4.12. The van der Waals surface area contributed by atoms with Gasteiger partial charge in [0.15, 0.2) is 0 Å². The van der Waals surface area contributed by atoms with Crippen LogP contribution in [-0.2, 0) is 4.79 Å². The molecule has 0 heterocycles. The molecule has 5 heteroatoms. The fourth-order valence-corrected chi connectivity index (χ4v) is 1.07. The maximum atomic E-state index is 11.2. The summed E-state index contributed by atoms with van der Waals surface area (Å²) < 4.78 is 0. The lowest BCUT2D eigenvalue weighted by Gasteiger charge is -2.06. The molecule has 5 nitrogen and oxygen atoms in total. The van der Waals surface area contributed by atoms with Gasteiger partial charge < -0.3 is 16.4 Å². The van der Waals surface area contributed by atoms with E-state index in [9.17, 15) is 9.59 Å². The molecule has 0 fully saturated rings. The van der Waals surface area contributed by atoms with Gasteiger partial charge in [0.2, 0.25) is 5.91 Å². The number of urea groups is 1. The van der Waals surface area contributed by atoms with Gasteiger partial charge in [-0.1, -0.05) is 12.1 Å². The Kier molecular flexibility index (Phi) is 3.68. The summed E-state index contributed by atoms with van der Waals surface area (Å²) in [5.41, 5.74) is 6.60. The van der Waals surface area contributed by atoms with Crippen molar-refractivity contribution in [2.24, 2.45) is 5.73 Å². The number of carbonyl (C=O) groups excluding carboxylic acids is 2. The Labute approximate surface area is 87.7 Å². The number of nitrogens with one attached hydrogen (secondary N) is 2. The molecule has 3 amide bonds. The average molecular weight is 207 g/mol. The van der Waals surface area contributed by atoms with E-state index in [4.69, 9.17) is 5.73 Å². The third-order valence-electron chi connectivity index (χ3n) is 1.70. The number of aryl methyl sites for hydroxylation is 1. The van der Waals surface area contributed by atoms with Crippen LogP contribution in [0.1, 0.15) is 5.56 Å². The lowest BCUT2D eigenvalue weighted by Crippen LogP contribution is -2.36. The van der Waals surface area contributed by atoms with Crippen LogP contribution >= 0.6 is 0 Å². The normalized spacial score (nSPS) is 9.40. The molecular formula is C10H13N3O2. The van der Waals surface area contributed by atoms with Crippen molar-refractivity contribution in [3.8, 4) is 0 Å². The van der Waals surface area contributed by atoms with Crippen molar-refractivity contribution in [2.45, 2.75) is 6.92 Å². The summed E-state index contributed by atoms with van der Waals surface area (Å²) in [5, 5.41) is 4.91. The summed E-state index contributed by atoms with van der Waals surface area (Å²) >= 11 is 0. The number of carbonyl (C=O) groups is 2. The molecule has 0 aliphatic heterocycles. The van der Waals surface area contributed by atoms with Gasteiger partial charge in [0.05, 0.1) is 6.54 Å². The number of amides is 3. The molecule has 0 aliphatic rings. The van der Waals surface area contributed by atoms with E-state index in [1.807, 2.05) is 25.1 Å². The molecule has 0 spiro atoms. The van der Waals surface area contributed by atoms with Crippen molar-refractivity contribution in [3.63, 3.8) is 0 Å². The van der Waals surface area contributed by atoms with Gasteiger partial charge in [0.25, 0.3) is 0 Å². The molecule has 4 N–H and O–H groups in total. The van der Waals surface area contributed by atoms with Gasteiger partial charge in [0, 0.05) is 5.69 Å². The van der Waals surface area contributed by atoms with Crippen LogP contribution in [-0.4, -0.2) is 18.5 Å². The van der Waals surface area contributed by atoms with Crippen LogP contribution in [0.15, 0.2) is 24.3 Å². The van der Waals surface area contributed by atoms with Gasteiger partial charge in [0.1, 0.15) is 0 Å². The molecule has 1 rings (SSSR count). The van der Waals surface area contributed by atoms with Crippen LogP contribution in [0.5, 0.6) is 0 Å². The van der Waals surface area contributed by atoms with Crippen molar-refractivity contribution in [1.82, 2.24) is 5.32 Å². The van der Waals surface area contributed by atoms with Gasteiger partial charge in [-0.2, -0.15) is 0 Å². The summed E-state index contributed by atoms with van der Waals surface area (Å²) in [5.74, 6) is -0.575. The molecule has 1 aromatic carbocycles. The second kappa shape index (κ2) is 4.99. The van der Waals surface area contributed by atoms with E-state index in [1.165, 1.54) is 0 Å². The van der Waals surface area contributed by atoms with E-state index in [1.54, 1.807) is 6.07 Å². The Hall–Kier alpha value is -2.04. The summed E-state index contributed by atoms with van der Waals surface area (Å²) in [6.07, 6.45) is 0. The van der Waals surface area contributed by atoms with Gasteiger partial charge in [-0.25, -0.2) is 4.79 Å². The van der Waals surface area contributed by atoms with Gasteiger partial charge in [-0.3, -0.25) is 4.79 Å². The second-order valence-electron chi connectivity index (χ2n) is 3.14. The van der Waals surface area contributed by atoms with Gasteiger partial charge >= 0.3 is 6.03 Å². The molecule has 0 aromatic heterocycles. The molecule has 0 atom stereocenters. The van der Waals surface area contributed by atoms with E-state index in [0.29, 0.717) is 5.69 Å². The standard InChI is InChI=1S/C10H13N3O2/c1-7-3-2-4-8(5-7)13-10(15)12-6-9(11)14/h2-5H,6H2,1H3,(H2,11,14)(H2,12,13,15).